The van der Waals surface area contributed by atoms with Crippen molar-refractivity contribution >= 4 is 6.03 Å². The lowest BCUT2D eigenvalue weighted by Gasteiger charge is -2.57. The van der Waals surface area contributed by atoms with Crippen LogP contribution in [0.3, 0.4) is 0 Å². The topological polar surface area (TPSA) is 44.8 Å². The lowest BCUT2D eigenvalue weighted by molar-refractivity contribution is -0.0668. The molecule has 0 bridgehead atoms. The number of hydrogen-bond acceptors (Lipinski definition) is 3. The van der Waals surface area contributed by atoms with Gasteiger partial charge in [-0.15, -0.1) is 0 Å². The first-order chi connectivity index (χ1) is 16.7. The van der Waals surface area contributed by atoms with Crippen molar-refractivity contribution in [2.24, 2.45) is 0 Å². The normalized spacial score (nSPS) is 25.8. The van der Waals surface area contributed by atoms with Crippen LogP contribution in [0.5, 0.6) is 0 Å². The summed E-state index contributed by atoms with van der Waals surface area (Å²) in [6.45, 7) is 5.64. The average molecular weight is 462 g/mol. The van der Waals surface area contributed by atoms with Gasteiger partial charge in [0.15, 0.2) is 0 Å². The van der Waals surface area contributed by atoms with Crippen LogP contribution >= 0.6 is 0 Å². The van der Waals surface area contributed by atoms with Crippen molar-refractivity contribution in [3.05, 3.63) is 59.7 Å². The highest BCUT2D eigenvalue weighted by atomic mass is 16.5. The number of urea groups is 1. The van der Waals surface area contributed by atoms with Gasteiger partial charge in [-0.1, -0.05) is 61.4 Å². The van der Waals surface area contributed by atoms with Crippen LogP contribution in [-0.4, -0.2) is 67.3 Å². The number of carbonyl (C=O) groups excluding carboxylic acids is 1. The molecular weight excluding hydrogens is 422 g/mol. The van der Waals surface area contributed by atoms with E-state index in [-0.39, 0.29) is 6.03 Å². The fraction of sp³-hybridized carbons (Fsp3) is 0.552. The summed E-state index contributed by atoms with van der Waals surface area (Å²) in [5.74, 6) is 0.380. The Labute approximate surface area is 204 Å². The zero-order valence-corrected chi connectivity index (χ0v) is 20.7. The van der Waals surface area contributed by atoms with Gasteiger partial charge in [0.25, 0.3) is 0 Å². The lowest BCUT2D eigenvalue weighted by atomic mass is 9.74. The van der Waals surface area contributed by atoms with Crippen LogP contribution in [0.2, 0.25) is 0 Å². The van der Waals surface area contributed by atoms with Crippen LogP contribution in [-0.2, 0) is 4.74 Å². The summed E-state index contributed by atoms with van der Waals surface area (Å²) in [5.41, 5.74) is 5.21. The molecule has 2 aromatic carbocycles. The van der Waals surface area contributed by atoms with Crippen LogP contribution < -0.4 is 5.32 Å². The standard InChI is InChI=1S/C29H39N3O2/c1-21-9-3-6-12-25(21)22-13-15-23(16-14-22)28-26-19-31(29(33)30-24-10-4-5-11-24)17-7-8-18-32(26)27(28)20-34-2/h3,6,9,12-16,24,26-28H,4-5,7-8,10-11,17-20H2,1-2H3,(H,30,33)/t26-,27+,28+/m0/s1. The Hall–Kier alpha value is -2.37. The van der Waals surface area contributed by atoms with E-state index in [2.05, 4.69) is 70.6 Å². The molecule has 5 rings (SSSR count). The minimum Gasteiger partial charge on any atom is -0.383 e. The number of rotatable bonds is 5. The Morgan fingerprint density at radius 2 is 1.74 bits per heavy atom. The lowest BCUT2D eigenvalue weighted by Crippen LogP contribution is -2.68. The maximum atomic E-state index is 13.2. The number of hydrogen-bond donors (Lipinski definition) is 1. The first-order valence-corrected chi connectivity index (χ1v) is 13.1. The molecule has 0 radical (unpaired) electrons. The molecule has 182 valence electrons. The van der Waals surface area contributed by atoms with Crippen molar-refractivity contribution < 1.29 is 9.53 Å². The van der Waals surface area contributed by atoms with E-state index in [9.17, 15) is 4.79 Å². The largest absolute Gasteiger partial charge is 0.383 e. The minimum absolute atomic E-state index is 0.137. The number of amides is 2. The molecule has 2 aliphatic heterocycles. The number of carbonyl (C=O) groups is 1. The van der Waals surface area contributed by atoms with E-state index >= 15 is 0 Å². The predicted octanol–water partition coefficient (Wildman–Crippen LogP) is 5.19. The Morgan fingerprint density at radius 1 is 1.00 bits per heavy atom. The zero-order valence-electron chi connectivity index (χ0n) is 20.7. The van der Waals surface area contributed by atoms with Crippen molar-refractivity contribution in [1.82, 2.24) is 15.1 Å². The molecule has 1 aliphatic carbocycles. The summed E-state index contributed by atoms with van der Waals surface area (Å²) in [5, 5.41) is 3.32. The molecule has 0 aromatic heterocycles. The summed E-state index contributed by atoms with van der Waals surface area (Å²) in [4.78, 5) is 17.8. The third-order valence-electron chi connectivity index (χ3n) is 8.24. The highest BCUT2D eigenvalue weighted by molar-refractivity contribution is 5.74. The highest BCUT2D eigenvalue weighted by Gasteiger charge is 2.49. The average Bonchev–Trinajstić information content (AvgIpc) is 3.34. The van der Waals surface area contributed by atoms with Crippen LogP contribution in [0, 0.1) is 6.92 Å². The number of ether oxygens (including phenoxy) is 1. The Morgan fingerprint density at radius 3 is 2.47 bits per heavy atom. The number of fused-ring (bicyclic) bond motifs is 1. The number of benzene rings is 2. The van der Waals surface area contributed by atoms with Gasteiger partial charge in [0.2, 0.25) is 0 Å². The quantitative estimate of drug-likeness (QED) is 0.666. The number of nitrogens with zero attached hydrogens (tertiary/aromatic N) is 2. The second kappa shape index (κ2) is 10.5. The van der Waals surface area contributed by atoms with Crippen LogP contribution in [0.4, 0.5) is 4.79 Å². The molecule has 2 saturated heterocycles. The molecule has 5 nitrogen and oxygen atoms in total. The summed E-state index contributed by atoms with van der Waals surface area (Å²) < 4.78 is 5.66. The molecular formula is C29H39N3O2. The summed E-state index contributed by atoms with van der Waals surface area (Å²) in [6, 6.07) is 18.9. The van der Waals surface area contributed by atoms with E-state index in [0.717, 1.165) is 51.9 Å². The molecule has 34 heavy (non-hydrogen) atoms. The van der Waals surface area contributed by atoms with Crippen LogP contribution in [0.15, 0.2) is 48.5 Å². The molecule has 5 heteroatoms. The van der Waals surface area contributed by atoms with E-state index in [1.807, 2.05) is 0 Å². The fourth-order valence-corrected chi connectivity index (χ4v) is 6.39. The van der Waals surface area contributed by atoms with Crippen LogP contribution in [0.1, 0.15) is 55.6 Å². The van der Waals surface area contributed by atoms with E-state index < -0.39 is 0 Å². The van der Waals surface area contributed by atoms with Gasteiger partial charge < -0.3 is 15.0 Å². The van der Waals surface area contributed by atoms with E-state index in [1.165, 1.54) is 35.1 Å². The molecule has 0 spiro atoms. The second-order valence-electron chi connectivity index (χ2n) is 10.4. The molecule has 2 aromatic rings. The van der Waals surface area contributed by atoms with Gasteiger partial charge in [0, 0.05) is 44.2 Å². The van der Waals surface area contributed by atoms with Gasteiger partial charge in [-0.3, -0.25) is 4.90 Å². The highest BCUT2D eigenvalue weighted by Crippen LogP contribution is 2.42. The van der Waals surface area contributed by atoms with E-state index in [0.29, 0.717) is 24.0 Å². The minimum atomic E-state index is 0.137. The summed E-state index contributed by atoms with van der Waals surface area (Å²) in [6.07, 6.45) is 6.92. The molecule has 0 unspecified atom stereocenters. The molecule has 3 aliphatic rings. The van der Waals surface area contributed by atoms with Crippen molar-refractivity contribution in [3.8, 4) is 11.1 Å². The molecule has 3 fully saturated rings. The summed E-state index contributed by atoms with van der Waals surface area (Å²) in [7, 11) is 1.80. The van der Waals surface area contributed by atoms with Gasteiger partial charge in [-0.25, -0.2) is 4.79 Å². The Balaban J connectivity index is 1.35. The molecule has 2 amide bonds. The van der Waals surface area contributed by atoms with E-state index in [1.54, 1.807) is 7.11 Å². The third kappa shape index (κ3) is 4.73. The first kappa shape index (κ1) is 23.4. The number of aryl methyl sites for hydroxylation is 1. The second-order valence-corrected chi connectivity index (χ2v) is 10.4. The summed E-state index contributed by atoms with van der Waals surface area (Å²) >= 11 is 0. The monoisotopic (exact) mass is 461 g/mol. The molecule has 1 saturated carbocycles. The van der Waals surface area contributed by atoms with Crippen molar-refractivity contribution in [2.45, 2.75) is 69.5 Å². The SMILES string of the molecule is COC[C@@H]1[C@H](c2ccc(-c3ccccc3C)cc2)[C@@H]2CN(C(=O)NC3CCCC3)CCCCN12. The van der Waals surface area contributed by atoms with Gasteiger partial charge in [0.1, 0.15) is 0 Å². The zero-order chi connectivity index (χ0) is 23.5. The number of nitrogens with one attached hydrogen (secondary N) is 1. The maximum Gasteiger partial charge on any atom is 0.317 e. The maximum absolute atomic E-state index is 13.2. The molecule has 3 atom stereocenters. The Kier molecular flexibility index (Phi) is 7.21. The fourth-order valence-electron chi connectivity index (χ4n) is 6.39. The van der Waals surface area contributed by atoms with Gasteiger partial charge in [-0.05, 0) is 61.4 Å². The van der Waals surface area contributed by atoms with Crippen molar-refractivity contribution in [3.63, 3.8) is 0 Å². The van der Waals surface area contributed by atoms with Gasteiger partial charge >= 0.3 is 6.03 Å². The first-order valence-electron chi connectivity index (χ1n) is 13.1. The smallest absolute Gasteiger partial charge is 0.317 e. The molecule has 1 N–H and O–H groups in total. The van der Waals surface area contributed by atoms with E-state index in [4.69, 9.17) is 4.74 Å². The predicted molar refractivity (Wildman–Crippen MR) is 137 cm³/mol. The van der Waals surface area contributed by atoms with Crippen molar-refractivity contribution in [1.29, 1.82) is 0 Å². The Bertz CT molecular complexity index is 970. The van der Waals surface area contributed by atoms with Crippen LogP contribution in [0.25, 0.3) is 11.1 Å². The molecule has 2 heterocycles. The van der Waals surface area contributed by atoms with Gasteiger partial charge in [0.05, 0.1) is 6.61 Å². The van der Waals surface area contributed by atoms with Gasteiger partial charge in [-0.2, -0.15) is 0 Å². The number of methoxy groups -OCH3 is 1. The third-order valence-corrected chi connectivity index (χ3v) is 8.24. The van der Waals surface area contributed by atoms with Crippen molar-refractivity contribution in [2.75, 3.05) is 33.4 Å².